The lowest BCUT2D eigenvalue weighted by Crippen LogP contribution is -2.48. The van der Waals surface area contributed by atoms with Crippen molar-refractivity contribution in [3.63, 3.8) is 0 Å². The number of fused-ring (bicyclic) bond motifs is 1. The van der Waals surface area contributed by atoms with Crippen molar-refractivity contribution < 1.29 is 13.9 Å². The van der Waals surface area contributed by atoms with Gasteiger partial charge in [-0.15, -0.1) is 0 Å². The van der Waals surface area contributed by atoms with Crippen molar-refractivity contribution in [2.24, 2.45) is 23.2 Å². The molecule has 0 unspecified atom stereocenters. The SMILES string of the molecule is COC(=O)c1c(-c2cnn(CC34CC5CC(CC(C5)C3)C4)c2C)cnc2c1ccn2-c1cnc(Cl)c(F)c1. The molecule has 0 spiro atoms. The largest absolute Gasteiger partial charge is 0.465 e. The second-order valence-electron chi connectivity index (χ2n) is 11.6. The number of hydrogen-bond acceptors (Lipinski definition) is 5. The Labute approximate surface area is 225 Å². The number of halogens is 2. The molecule has 38 heavy (non-hydrogen) atoms. The maximum atomic E-state index is 14.1. The number of esters is 1. The highest BCUT2D eigenvalue weighted by molar-refractivity contribution is 6.29. The fourth-order valence-electron chi connectivity index (χ4n) is 8.04. The summed E-state index contributed by atoms with van der Waals surface area (Å²) in [6.07, 6.45) is 14.9. The predicted octanol–water partition coefficient (Wildman–Crippen LogP) is 6.39. The molecule has 4 heterocycles. The Balaban J connectivity index is 1.29. The van der Waals surface area contributed by atoms with Crippen LogP contribution in [-0.4, -0.2) is 37.4 Å². The number of nitrogens with zero attached hydrogens (tertiary/aromatic N) is 5. The molecule has 8 rings (SSSR count). The molecule has 196 valence electrons. The Morgan fingerprint density at radius 2 is 1.82 bits per heavy atom. The molecule has 9 heteroatoms. The van der Waals surface area contributed by atoms with E-state index in [4.69, 9.17) is 21.4 Å². The van der Waals surface area contributed by atoms with Crippen molar-refractivity contribution in [3.8, 4) is 16.8 Å². The number of aromatic nitrogens is 5. The highest BCUT2D eigenvalue weighted by atomic mass is 35.5. The molecular weight excluding hydrogens is 505 g/mol. The normalized spacial score (nSPS) is 25.8. The summed E-state index contributed by atoms with van der Waals surface area (Å²) in [6.45, 7) is 3.00. The van der Waals surface area contributed by atoms with E-state index in [0.29, 0.717) is 33.3 Å². The maximum Gasteiger partial charge on any atom is 0.339 e. The molecule has 0 amide bonds. The third kappa shape index (κ3) is 3.67. The van der Waals surface area contributed by atoms with Crippen molar-refractivity contribution in [2.45, 2.75) is 52.0 Å². The first-order valence-corrected chi connectivity index (χ1v) is 13.6. The zero-order valence-corrected chi connectivity index (χ0v) is 22.2. The molecule has 4 aromatic rings. The van der Waals surface area contributed by atoms with E-state index in [1.807, 2.05) is 6.20 Å². The van der Waals surface area contributed by atoms with Gasteiger partial charge in [0.15, 0.2) is 11.0 Å². The van der Waals surface area contributed by atoms with E-state index in [2.05, 4.69) is 21.6 Å². The van der Waals surface area contributed by atoms with Crippen molar-refractivity contribution in [2.75, 3.05) is 7.11 Å². The van der Waals surface area contributed by atoms with Crippen molar-refractivity contribution in [3.05, 3.63) is 59.1 Å². The summed E-state index contributed by atoms with van der Waals surface area (Å²) in [5.41, 5.74) is 4.28. The van der Waals surface area contributed by atoms with Gasteiger partial charge < -0.3 is 4.74 Å². The third-order valence-electron chi connectivity index (χ3n) is 9.21. The van der Waals surface area contributed by atoms with Crippen LogP contribution in [-0.2, 0) is 11.3 Å². The summed E-state index contributed by atoms with van der Waals surface area (Å²) in [6, 6.07) is 3.08. The van der Waals surface area contributed by atoms with Gasteiger partial charge >= 0.3 is 5.97 Å². The van der Waals surface area contributed by atoms with Gasteiger partial charge in [0.2, 0.25) is 0 Å². The fraction of sp³-hybridized carbons (Fsp3) is 0.448. The average Bonchev–Trinajstić information content (AvgIpc) is 3.47. The number of carbonyl (C=O) groups is 1. The molecule has 0 atom stereocenters. The van der Waals surface area contributed by atoms with Crippen LogP contribution in [0.1, 0.15) is 54.6 Å². The lowest BCUT2D eigenvalue weighted by Gasteiger charge is -2.56. The standard InChI is InChI=1S/C29H29ClFN5O2/c1-16-22(14-34-36(16)15-29-9-17-5-18(10-29)7-19(6-17)11-29)23-13-33-27-21(25(23)28(37)38-2)3-4-35(27)20-8-24(31)26(30)32-12-20/h3-4,8,12-14,17-19H,5-7,9-11,15H2,1-2H3. The predicted molar refractivity (Wildman–Crippen MR) is 142 cm³/mol. The summed E-state index contributed by atoms with van der Waals surface area (Å²) in [4.78, 5) is 21.7. The molecule has 4 aliphatic rings. The summed E-state index contributed by atoms with van der Waals surface area (Å²) in [5.74, 6) is 1.55. The second kappa shape index (κ2) is 8.63. The van der Waals surface area contributed by atoms with Crippen LogP contribution in [0.15, 0.2) is 36.9 Å². The van der Waals surface area contributed by atoms with Crippen LogP contribution >= 0.6 is 11.6 Å². The Hall–Kier alpha value is -3.26. The summed E-state index contributed by atoms with van der Waals surface area (Å²) >= 11 is 5.77. The van der Waals surface area contributed by atoms with E-state index in [-0.39, 0.29) is 5.15 Å². The molecule has 0 aliphatic heterocycles. The van der Waals surface area contributed by atoms with Gasteiger partial charge in [0.25, 0.3) is 0 Å². The van der Waals surface area contributed by atoms with Gasteiger partial charge in [-0.3, -0.25) is 9.25 Å². The van der Waals surface area contributed by atoms with Gasteiger partial charge in [-0.2, -0.15) is 5.10 Å². The number of methoxy groups -OCH3 is 1. The van der Waals surface area contributed by atoms with Gasteiger partial charge in [-0.25, -0.2) is 19.2 Å². The topological polar surface area (TPSA) is 74.8 Å². The molecule has 0 aromatic carbocycles. The minimum absolute atomic E-state index is 0.197. The molecule has 4 saturated carbocycles. The van der Waals surface area contributed by atoms with E-state index in [1.165, 1.54) is 57.9 Å². The smallest absolute Gasteiger partial charge is 0.339 e. The van der Waals surface area contributed by atoms with Crippen molar-refractivity contribution in [1.29, 1.82) is 0 Å². The van der Waals surface area contributed by atoms with E-state index >= 15 is 0 Å². The van der Waals surface area contributed by atoms with E-state index in [1.54, 1.807) is 23.0 Å². The van der Waals surface area contributed by atoms with Crippen LogP contribution < -0.4 is 0 Å². The first-order valence-electron chi connectivity index (χ1n) is 13.3. The molecule has 4 aromatic heterocycles. The number of hydrogen-bond donors (Lipinski definition) is 0. The van der Waals surface area contributed by atoms with Crippen LogP contribution in [0.2, 0.25) is 5.15 Å². The van der Waals surface area contributed by atoms with E-state index < -0.39 is 11.8 Å². The zero-order valence-electron chi connectivity index (χ0n) is 21.5. The monoisotopic (exact) mass is 533 g/mol. The minimum atomic E-state index is -0.627. The number of rotatable bonds is 5. The van der Waals surface area contributed by atoms with Crippen LogP contribution in [0.3, 0.4) is 0 Å². The number of ether oxygens (including phenoxy) is 1. The molecule has 4 aliphatic carbocycles. The van der Waals surface area contributed by atoms with Crippen molar-refractivity contribution >= 4 is 28.6 Å². The fourth-order valence-corrected chi connectivity index (χ4v) is 8.14. The maximum absolute atomic E-state index is 14.1. The average molecular weight is 534 g/mol. The first-order chi connectivity index (χ1) is 18.3. The van der Waals surface area contributed by atoms with Crippen LogP contribution in [0.25, 0.3) is 27.8 Å². The van der Waals surface area contributed by atoms with E-state index in [0.717, 1.165) is 35.6 Å². The Bertz CT molecular complexity index is 1560. The molecule has 0 saturated heterocycles. The highest BCUT2D eigenvalue weighted by Gasteiger charge is 2.51. The lowest BCUT2D eigenvalue weighted by atomic mass is 9.49. The van der Waals surface area contributed by atoms with Gasteiger partial charge in [0.05, 0.1) is 30.8 Å². The molecule has 0 radical (unpaired) electrons. The highest BCUT2D eigenvalue weighted by Crippen LogP contribution is 2.60. The Kier molecular flexibility index (Phi) is 5.41. The minimum Gasteiger partial charge on any atom is -0.465 e. The summed E-state index contributed by atoms with van der Waals surface area (Å²) in [7, 11) is 1.37. The van der Waals surface area contributed by atoms with Gasteiger partial charge in [-0.05, 0) is 74.7 Å². The summed E-state index contributed by atoms with van der Waals surface area (Å²) < 4.78 is 23.1. The molecule has 0 N–H and O–H groups in total. The molecule has 4 fully saturated rings. The third-order valence-corrected chi connectivity index (χ3v) is 9.49. The van der Waals surface area contributed by atoms with Gasteiger partial charge in [-0.1, -0.05) is 11.6 Å². The lowest BCUT2D eigenvalue weighted by molar-refractivity contribution is -0.0638. The number of pyridine rings is 2. The first kappa shape index (κ1) is 23.8. The van der Waals surface area contributed by atoms with Crippen LogP contribution in [0, 0.1) is 35.9 Å². The van der Waals surface area contributed by atoms with Gasteiger partial charge in [0, 0.05) is 47.2 Å². The quantitative estimate of drug-likeness (QED) is 0.219. The molecular formula is C29H29ClFN5O2. The second-order valence-corrected chi connectivity index (χ2v) is 12.0. The molecule has 4 bridgehead atoms. The molecule has 7 nitrogen and oxygen atoms in total. The van der Waals surface area contributed by atoms with Crippen LogP contribution in [0.4, 0.5) is 4.39 Å². The summed E-state index contributed by atoms with van der Waals surface area (Å²) in [5, 5.41) is 5.23. The van der Waals surface area contributed by atoms with E-state index in [9.17, 15) is 9.18 Å². The Morgan fingerprint density at radius 3 is 2.47 bits per heavy atom. The zero-order chi connectivity index (χ0) is 26.2. The van der Waals surface area contributed by atoms with Gasteiger partial charge in [0.1, 0.15) is 5.65 Å². The number of carbonyl (C=O) groups excluding carboxylic acids is 1. The van der Waals surface area contributed by atoms with Crippen LogP contribution in [0.5, 0.6) is 0 Å². The Morgan fingerprint density at radius 1 is 1.11 bits per heavy atom. The van der Waals surface area contributed by atoms with Crippen molar-refractivity contribution in [1.82, 2.24) is 24.3 Å².